The maximum Gasteiger partial charge on any atom is 0.142 e. The molecule has 0 fully saturated rings. The number of aliphatic hydroxyl groups excluding tert-OH is 1. The summed E-state index contributed by atoms with van der Waals surface area (Å²) >= 11 is 0. The van der Waals surface area contributed by atoms with Gasteiger partial charge in [-0.05, 0) is 42.5 Å². The van der Waals surface area contributed by atoms with Crippen LogP contribution < -0.4 is 20.1 Å². The molecule has 0 unspecified atom stereocenters. The van der Waals surface area contributed by atoms with E-state index in [9.17, 15) is 5.11 Å². The fourth-order valence-electron chi connectivity index (χ4n) is 2.82. The summed E-state index contributed by atoms with van der Waals surface area (Å²) in [4.78, 5) is 0. The molecule has 3 N–H and O–H groups in total. The fourth-order valence-corrected chi connectivity index (χ4v) is 2.82. The standard InChI is InChI=1S/C20H22N2O3/c1-24-18-9-5-3-7-16(18)21-20(13-11-15(23)12-14-20)22-17-8-4-6-10-19(17)25-2/h3-13,21-23H,14H2,1-2H3. The molecule has 1 aliphatic carbocycles. The number of anilines is 2. The summed E-state index contributed by atoms with van der Waals surface area (Å²) in [6, 6.07) is 15.5. The van der Waals surface area contributed by atoms with Gasteiger partial charge in [-0.25, -0.2) is 0 Å². The maximum atomic E-state index is 9.74. The van der Waals surface area contributed by atoms with Gasteiger partial charge in [0.25, 0.3) is 0 Å². The van der Waals surface area contributed by atoms with Crippen molar-refractivity contribution < 1.29 is 14.6 Å². The number of nitrogens with one attached hydrogen (secondary N) is 2. The van der Waals surface area contributed by atoms with Gasteiger partial charge in [0, 0.05) is 6.42 Å². The van der Waals surface area contributed by atoms with Crippen LogP contribution in [0.2, 0.25) is 0 Å². The van der Waals surface area contributed by atoms with E-state index in [1.54, 1.807) is 26.4 Å². The number of hydrogen-bond donors (Lipinski definition) is 3. The Labute approximate surface area is 147 Å². The highest BCUT2D eigenvalue weighted by Crippen LogP contribution is 2.34. The minimum atomic E-state index is -0.629. The molecule has 3 rings (SSSR count). The van der Waals surface area contributed by atoms with Crippen LogP contribution in [0.1, 0.15) is 6.42 Å². The van der Waals surface area contributed by atoms with Gasteiger partial charge in [0.2, 0.25) is 0 Å². The zero-order valence-electron chi connectivity index (χ0n) is 14.3. The van der Waals surface area contributed by atoms with E-state index in [4.69, 9.17) is 9.47 Å². The van der Waals surface area contributed by atoms with Crippen molar-refractivity contribution in [2.45, 2.75) is 12.1 Å². The summed E-state index contributed by atoms with van der Waals surface area (Å²) in [5.41, 5.74) is 1.08. The molecule has 0 amide bonds. The molecule has 0 bridgehead atoms. The third-order valence-electron chi connectivity index (χ3n) is 4.10. The number of ether oxygens (including phenoxy) is 2. The molecule has 2 aromatic carbocycles. The Morgan fingerprint density at radius 2 is 1.40 bits per heavy atom. The second-order valence-corrected chi connectivity index (χ2v) is 5.79. The van der Waals surface area contributed by atoms with Gasteiger partial charge in [0.15, 0.2) is 0 Å². The van der Waals surface area contributed by atoms with Crippen LogP contribution in [0.15, 0.2) is 72.5 Å². The van der Waals surface area contributed by atoms with Crippen LogP contribution in [0.4, 0.5) is 11.4 Å². The van der Waals surface area contributed by atoms with Gasteiger partial charge in [-0.3, -0.25) is 0 Å². The molecule has 1 aliphatic rings. The van der Waals surface area contributed by atoms with Crippen molar-refractivity contribution in [2.24, 2.45) is 0 Å². The Kier molecular flexibility index (Phi) is 4.84. The van der Waals surface area contributed by atoms with Gasteiger partial charge in [-0.1, -0.05) is 24.3 Å². The molecule has 0 saturated carbocycles. The highest BCUT2D eigenvalue weighted by atomic mass is 16.5. The van der Waals surface area contributed by atoms with E-state index >= 15 is 0 Å². The van der Waals surface area contributed by atoms with Gasteiger partial charge in [0.05, 0.1) is 25.6 Å². The van der Waals surface area contributed by atoms with Crippen molar-refractivity contribution in [3.05, 3.63) is 72.5 Å². The lowest BCUT2D eigenvalue weighted by atomic mass is 9.98. The molecule has 0 saturated heterocycles. The quantitative estimate of drug-likeness (QED) is 0.685. The van der Waals surface area contributed by atoms with E-state index in [-0.39, 0.29) is 5.76 Å². The largest absolute Gasteiger partial charge is 0.508 e. The zero-order chi connectivity index (χ0) is 17.7. The van der Waals surface area contributed by atoms with Crippen LogP contribution in [0.25, 0.3) is 0 Å². The molecule has 0 radical (unpaired) electrons. The first-order chi connectivity index (χ1) is 12.2. The van der Waals surface area contributed by atoms with E-state index in [2.05, 4.69) is 10.6 Å². The summed E-state index contributed by atoms with van der Waals surface area (Å²) in [7, 11) is 3.28. The van der Waals surface area contributed by atoms with E-state index in [1.165, 1.54) is 0 Å². The summed E-state index contributed by atoms with van der Waals surface area (Å²) in [5, 5.41) is 16.7. The normalized spacial score (nSPS) is 15.2. The molecule has 25 heavy (non-hydrogen) atoms. The smallest absolute Gasteiger partial charge is 0.142 e. The average molecular weight is 338 g/mol. The van der Waals surface area contributed by atoms with Crippen LogP contribution in [0.5, 0.6) is 11.5 Å². The Bertz CT molecular complexity index is 750. The highest BCUT2D eigenvalue weighted by molar-refractivity contribution is 5.64. The SMILES string of the molecule is COc1ccccc1NC1(Nc2ccccc2OC)C=CC(O)=CC1. The van der Waals surface area contributed by atoms with Gasteiger partial charge < -0.3 is 25.2 Å². The number of rotatable bonds is 6. The van der Waals surface area contributed by atoms with Crippen molar-refractivity contribution in [3.8, 4) is 11.5 Å². The van der Waals surface area contributed by atoms with Gasteiger partial charge >= 0.3 is 0 Å². The Hall–Kier alpha value is -3.08. The molecular formula is C20H22N2O3. The third-order valence-corrected chi connectivity index (χ3v) is 4.10. The first-order valence-corrected chi connectivity index (χ1v) is 8.06. The lowest BCUT2D eigenvalue weighted by Gasteiger charge is -2.36. The molecule has 0 aliphatic heterocycles. The molecular weight excluding hydrogens is 316 g/mol. The van der Waals surface area contributed by atoms with Crippen LogP contribution >= 0.6 is 0 Å². The van der Waals surface area contributed by atoms with Crippen molar-refractivity contribution in [2.75, 3.05) is 24.9 Å². The highest BCUT2D eigenvalue weighted by Gasteiger charge is 2.30. The minimum Gasteiger partial charge on any atom is -0.508 e. The summed E-state index contributed by atoms with van der Waals surface area (Å²) < 4.78 is 10.9. The summed E-state index contributed by atoms with van der Waals surface area (Å²) in [6.45, 7) is 0. The molecule has 0 atom stereocenters. The molecule has 5 heteroatoms. The topological polar surface area (TPSA) is 62.8 Å². The van der Waals surface area contributed by atoms with Crippen molar-refractivity contribution in [3.63, 3.8) is 0 Å². The Balaban J connectivity index is 1.96. The predicted molar refractivity (Wildman–Crippen MR) is 100 cm³/mol. The lowest BCUT2D eigenvalue weighted by Crippen LogP contribution is -2.45. The Morgan fingerprint density at radius 3 is 1.84 bits per heavy atom. The Morgan fingerprint density at radius 1 is 0.880 bits per heavy atom. The first-order valence-electron chi connectivity index (χ1n) is 8.06. The number of para-hydroxylation sites is 4. The van der Waals surface area contributed by atoms with Gasteiger partial charge in [-0.15, -0.1) is 0 Å². The first kappa shape index (κ1) is 16.8. The van der Waals surface area contributed by atoms with Crippen molar-refractivity contribution >= 4 is 11.4 Å². The summed E-state index contributed by atoms with van der Waals surface area (Å²) in [5.74, 6) is 1.74. The maximum absolute atomic E-state index is 9.74. The van der Waals surface area contributed by atoms with Crippen LogP contribution in [0.3, 0.4) is 0 Å². The molecule has 0 aromatic heterocycles. The number of benzene rings is 2. The van der Waals surface area contributed by atoms with Gasteiger partial charge in [-0.2, -0.15) is 0 Å². The molecule has 2 aromatic rings. The number of methoxy groups -OCH3 is 2. The van der Waals surface area contributed by atoms with Crippen molar-refractivity contribution in [1.82, 2.24) is 0 Å². The third kappa shape index (κ3) is 3.71. The molecule has 5 nitrogen and oxygen atoms in total. The fraction of sp³-hybridized carbons (Fsp3) is 0.200. The van der Waals surface area contributed by atoms with E-state index in [0.717, 1.165) is 22.9 Å². The van der Waals surface area contributed by atoms with Gasteiger partial charge in [0.1, 0.15) is 22.9 Å². The molecule has 130 valence electrons. The zero-order valence-corrected chi connectivity index (χ0v) is 14.3. The van der Waals surface area contributed by atoms with E-state index in [0.29, 0.717) is 6.42 Å². The van der Waals surface area contributed by atoms with E-state index < -0.39 is 5.66 Å². The lowest BCUT2D eigenvalue weighted by molar-refractivity contribution is 0.410. The minimum absolute atomic E-state index is 0.249. The van der Waals surface area contributed by atoms with Crippen LogP contribution in [-0.2, 0) is 0 Å². The number of allylic oxidation sites excluding steroid dienone is 1. The number of aliphatic hydroxyl groups is 1. The predicted octanol–water partition coefficient (Wildman–Crippen LogP) is 4.33. The second kappa shape index (κ2) is 7.21. The second-order valence-electron chi connectivity index (χ2n) is 5.79. The number of hydrogen-bond acceptors (Lipinski definition) is 5. The van der Waals surface area contributed by atoms with E-state index in [1.807, 2.05) is 54.6 Å². The summed E-state index contributed by atoms with van der Waals surface area (Å²) in [6.07, 6.45) is 5.89. The molecule has 0 spiro atoms. The van der Waals surface area contributed by atoms with Crippen LogP contribution in [0, 0.1) is 0 Å². The molecule has 0 heterocycles. The van der Waals surface area contributed by atoms with Crippen LogP contribution in [-0.4, -0.2) is 25.0 Å². The van der Waals surface area contributed by atoms with Crippen molar-refractivity contribution in [1.29, 1.82) is 0 Å². The monoisotopic (exact) mass is 338 g/mol. The average Bonchev–Trinajstić information content (AvgIpc) is 2.65.